The lowest BCUT2D eigenvalue weighted by molar-refractivity contribution is -0.196. The number of likely N-dealkylation sites (N-methyl/N-ethyl adjacent to an activating group) is 1. The van der Waals surface area contributed by atoms with Crippen LogP contribution in [0.15, 0.2) is 36.4 Å². The number of anilines is 1. The number of carboxylic acid groups (broad SMARTS) is 1. The molecule has 45 heavy (non-hydrogen) atoms. The van der Waals surface area contributed by atoms with E-state index in [0.717, 1.165) is 18.2 Å². The second kappa shape index (κ2) is 10.8. The van der Waals surface area contributed by atoms with Crippen LogP contribution >= 0.6 is 0 Å². The van der Waals surface area contributed by atoms with E-state index >= 15 is 0 Å². The predicted octanol–water partition coefficient (Wildman–Crippen LogP) is 0.0590. The normalized spacial score (nSPS) is 30.6. The molecule has 2 amide bonds. The molecule has 2 fully saturated rings. The van der Waals surface area contributed by atoms with E-state index in [9.17, 15) is 54.0 Å². The number of aliphatic hydroxyl groups is 1. The van der Waals surface area contributed by atoms with Crippen molar-refractivity contribution in [1.29, 1.82) is 0 Å². The van der Waals surface area contributed by atoms with Gasteiger partial charge in [-0.15, -0.1) is 0 Å². The number of nitrogens with two attached hydrogens (primary N) is 1. The monoisotopic (exact) mass is 623 g/mol. The lowest BCUT2D eigenvalue weighted by Crippen LogP contribution is -2.78. The fourth-order valence-corrected chi connectivity index (χ4v) is 7.15. The summed E-state index contributed by atoms with van der Waals surface area (Å²) in [5.41, 5.74) is 1.33. The van der Waals surface area contributed by atoms with Crippen molar-refractivity contribution in [3.63, 3.8) is 0 Å². The van der Waals surface area contributed by atoms with Crippen molar-refractivity contribution in [2.75, 3.05) is 19.4 Å². The van der Waals surface area contributed by atoms with Gasteiger partial charge in [0.1, 0.15) is 17.6 Å². The minimum absolute atomic E-state index is 0.241. The largest absolute Gasteiger partial charge is 0.508 e. The minimum Gasteiger partial charge on any atom is -0.508 e. The van der Waals surface area contributed by atoms with Crippen LogP contribution in [0.3, 0.4) is 0 Å². The van der Waals surface area contributed by atoms with Crippen LogP contribution in [0.25, 0.3) is 0 Å². The molecule has 0 saturated heterocycles. The number of nitrogens with one attached hydrogen (secondary N) is 1. The standard InChI is InChI=1S/C30H29N3O12/c1-10-12-5-4-6-15(35)17(12)22(36)18-16(10)24(45-29(43)32-14-8-7-11(34)9-13(14)28(41)42)20-21(33(2)3)23(37)19(27(31)40)26(39)30(20,44)25(18)38/h4-10,16,18-21,24,34-35,44H,1-3H3,(H2,31,40)(H,32,43)(H,41,42)/t10-,16+,18?,19?,20+,21-,24-,30-/m0/s1. The lowest BCUT2D eigenvalue weighted by atomic mass is 9.49. The summed E-state index contributed by atoms with van der Waals surface area (Å²) < 4.78 is 5.77. The number of ether oxygens (including phenoxy) is 1. The van der Waals surface area contributed by atoms with E-state index in [0.29, 0.717) is 0 Å². The Balaban J connectivity index is 1.71. The number of carbonyl (C=O) groups is 7. The van der Waals surface area contributed by atoms with Crippen molar-refractivity contribution >= 4 is 46.8 Å². The van der Waals surface area contributed by atoms with E-state index < -0.39 is 106 Å². The van der Waals surface area contributed by atoms with Crippen LogP contribution < -0.4 is 11.1 Å². The summed E-state index contributed by atoms with van der Waals surface area (Å²) in [4.78, 5) is 94.2. The maximum atomic E-state index is 14.2. The number of phenols is 2. The van der Waals surface area contributed by atoms with Crippen LogP contribution in [0.5, 0.6) is 11.5 Å². The average molecular weight is 624 g/mol. The molecule has 0 aliphatic heterocycles. The van der Waals surface area contributed by atoms with Crippen LogP contribution in [-0.2, 0) is 23.9 Å². The Labute approximate surface area is 254 Å². The van der Waals surface area contributed by atoms with Crippen molar-refractivity contribution in [1.82, 2.24) is 4.90 Å². The van der Waals surface area contributed by atoms with E-state index in [1.54, 1.807) is 6.92 Å². The van der Waals surface area contributed by atoms with Gasteiger partial charge in [-0.3, -0.25) is 34.2 Å². The first kappa shape index (κ1) is 31.3. The molecule has 2 unspecified atom stereocenters. The second-order valence-electron chi connectivity index (χ2n) is 11.6. The number of nitrogens with zero attached hydrogens (tertiary/aromatic N) is 1. The molecule has 2 aromatic rings. The number of carboxylic acids is 1. The van der Waals surface area contributed by atoms with Gasteiger partial charge in [0, 0.05) is 5.92 Å². The lowest BCUT2D eigenvalue weighted by Gasteiger charge is -2.56. The molecule has 0 aromatic heterocycles. The number of rotatable bonds is 5. The number of benzene rings is 2. The summed E-state index contributed by atoms with van der Waals surface area (Å²) in [6.07, 6.45) is -3.11. The van der Waals surface area contributed by atoms with E-state index in [1.807, 2.05) is 0 Å². The summed E-state index contributed by atoms with van der Waals surface area (Å²) in [5.74, 6) is -17.0. The minimum atomic E-state index is -3.23. The highest BCUT2D eigenvalue weighted by Crippen LogP contribution is 2.55. The number of aromatic carboxylic acids is 1. The van der Waals surface area contributed by atoms with Gasteiger partial charge in [-0.1, -0.05) is 19.1 Å². The molecule has 2 aromatic carbocycles. The molecular weight excluding hydrogens is 594 g/mol. The van der Waals surface area contributed by atoms with Gasteiger partial charge in [0.05, 0.1) is 34.7 Å². The Morgan fingerprint density at radius 2 is 1.69 bits per heavy atom. The quantitative estimate of drug-likeness (QED) is 0.191. The average Bonchev–Trinajstić information content (AvgIpc) is 2.95. The van der Waals surface area contributed by atoms with Gasteiger partial charge in [0.15, 0.2) is 34.7 Å². The Bertz CT molecular complexity index is 1700. The molecule has 15 nitrogen and oxygen atoms in total. The molecule has 2 saturated carbocycles. The fourth-order valence-electron chi connectivity index (χ4n) is 7.15. The number of hydrogen-bond donors (Lipinski definition) is 6. The summed E-state index contributed by atoms with van der Waals surface area (Å²) in [7, 11) is 2.73. The second-order valence-corrected chi connectivity index (χ2v) is 11.6. The third-order valence-corrected chi connectivity index (χ3v) is 9.04. The maximum absolute atomic E-state index is 14.2. The van der Waals surface area contributed by atoms with Crippen LogP contribution in [0, 0.1) is 23.7 Å². The van der Waals surface area contributed by atoms with Gasteiger partial charge in [-0.25, -0.2) is 9.59 Å². The number of amides is 2. The van der Waals surface area contributed by atoms with Gasteiger partial charge < -0.3 is 30.9 Å². The highest BCUT2D eigenvalue weighted by atomic mass is 16.6. The zero-order valence-corrected chi connectivity index (χ0v) is 24.1. The summed E-state index contributed by atoms with van der Waals surface area (Å²) >= 11 is 0. The highest BCUT2D eigenvalue weighted by Gasteiger charge is 2.74. The van der Waals surface area contributed by atoms with E-state index in [-0.39, 0.29) is 16.8 Å². The topological polar surface area (TPSA) is 251 Å². The van der Waals surface area contributed by atoms with Crippen LogP contribution in [0.4, 0.5) is 10.5 Å². The number of hydrogen-bond acceptors (Lipinski definition) is 12. The third kappa shape index (κ3) is 4.54. The SMILES string of the molecule is C[C@H]1c2cccc(O)c2C(=O)C2C(=O)[C@]3(O)C(=O)C(C(N)=O)C(=O)[C@@H](N(C)C)[C@@H]3[C@@H](OC(=O)Nc3ccc(O)cc3C(=O)O)[C@@H]21. The van der Waals surface area contributed by atoms with Crippen molar-refractivity contribution < 1.29 is 58.7 Å². The number of ketones is 4. The Morgan fingerprint density at radius 3 is 2.29 bits per heavy atom. The molecule has 236 valence electrons. The maximum Gasteiger partial charge on any atom is 0.411 e. The van der Waals surface area contributed by atoms with E-state index in [2.05, 4.69) is 5.32 Å². The van der Waals surface area contributed by atoms with E-state index in [1.165, 1.54) is 37.2 Å². The van der Waals surface area contributed by atoms with Gasteiger partial charge in [0.2, 0.25) is 5.91 Å². The number of aromatic hydroxyl groups is 2. The first-order chi connectivity index (χ1) is 21.0. The Kier molecular flexibility index (Phi) is 7.49. The van der Waals surface area contributed by atoms with Crippen LogP contribution in [0.1, 0.15) is 39.1 Å². The molecule has 0 radical (unpaired) electrons. The number of carbonyl (C=O) groups excluding carboxylic acids is 6. The molecular formula is C30H29N3O12. The van der Waals surface area contributed by atoms with Crippen molar-refractivity contribution in [2.45, 2.75) is 30.6 Å². The zero-order valence-electron chi connectivity index (χ0n) is 24.1. The molecule has 0 heterocycles. The number of fused-ring (bicyclic) bond motifs is 3. The molecule has 0 spiro atoms. The molecule has 8 atom stereocenters. The number of primary amides is 1. The third-order valence-electron chi connectivity index (χ3n) is 9.04. The van der Waals surface area contributed by atoms with Gasteiger partial charge in [-0.2, -0.15) is 0 Å². The van der Waals surface area contributed by atoms with Crippen LogP contribution in [0.2, 0.25) is 0 Å². The molecule has 3 aliphatic rings. The van der Waals surface area contributed by atoms with E-state index in [4.69, 9.17) is 10.5 Å². The highest BCUT2D eigenvalue weighted by molar-refractivity contribution is 6.32. The summed E-state index contributed by atoms with van der Waals surface area (Å²) in [6, 6.07) is 5.59. The predicted molar refractivity (Wildman–Crippen MR) is 150 cm³/mol. The van der Waals surface area contributed by atoms with Gasteiger partial charge in [0.25, 0.3) is 0 Å². The first-order valence-electron chi connectivity index (χ1n) is 13.7. The number of phenolic OH excluding ortho intramolecular Hbond substituents is 2. The van der Waals surface area contributed by atoms with Crippen molar-refractivity contribution in [2.24, 2.45) is 29.4 Å². The van der Waals surface area contributed by atoms with Gasteiger partial charge in [-0.05, 0) is 49.8 Å². The molecule has 15 heteroatoms. The van der Waals surface area contributed by atoms with Crippen LogP contribution in [-0.4, -0.2) is 98.3 Å². The van der Waals surface area contributed by atoms with Gasteiger partial charge >= 0.3 is 12.1 Å². The fraction of sp³-hybridized carbons (Fsp3) is 0.367. The summed E-state index contributed by atoms with van der Waals surface area (Å²) in [6.45, 7) is 1.57. The zero-order chi connectivity index (χ0) is 33.3. The summed E-state index contributed by atoms with van der Waals surface area (Å²) in [5, 5.41) is 44.1. The first-order valence-corrected chi connectivity index (χ1v) is 13.7. The molecule has 3 aliphatic carbocycles. The van der Waals surface area contributed by atoms with Crippen molar-refractivity contribution in [3.05, 3.63) is 53.1 Å². The Hall–Kier alpha value is -5.15. The van der Waals surface area contributed by atoms with Crippen molar-refractivity contribution in [3.8, 4) is 11.5 Å². The molecule has 0 bridgehead atoms. The molecule has 5 rings (SSSR count). The smallest absolute Gasteiger partial charge is 0.411 e. The number of Topliss-reactive ketones (excluding diaryl/α,β-unsaturated/α-hetero) is 4. The Morgan fingerprint density at radius 1 is 1.02 bits per heavy atom. The molecule has 7 N–H and O–H groups in total.